The predicted octanol–water partition coefficient (Wildman–Crippen LogP) is 5.64. The molecule has 4 aromatic rings. The van der Waals surface area contributed by atoms with Crippen molar-refractivity contribution in [3.8, 4) is 29.1 Å². The van der Waals surface area contributed by atoms with Gasteiger partial charge < -0.3 is 19.9 Å². The maximum absolute atomic E-state index is 9.99. The van der Waals surface area contributed by atoms with E-state index in [1.54, 1.807) is 11.8 Å². The Labute approximate surface area is 213 Å². The van der Waals surface area contributed by atoms with E-state index in [1.165, 1.54) is 0 Å². The second-order valence-electron chi connectivity index (χ2n) is 8.27. The van der Waals surface area contributed by atoms with Crippen LogP contribution < -0.4 is 19.9 Å². The summed E-state index contributed by atoms with van der Waals surface area (Å²) in [7, 11) is 1.57. The van der Waals surface area contributed by atoms with Crippen LogP contribution in [-0.2, 0) is 6.61 Å². The number of benzene rings is 3. The number of rotatable bonds is 6. The minimum Gasteiger partial charge on any atom is -0.493 e. The average molecular weight is 499 g/mol. The van der Waals surface area contributed by atoms with Crippen LogP contribution in [0.25, 0.3) is 5.69 Å². The Kier molecular flexibility index (Phi) is 6.28. The average Bonchev–Trinajstić information content (AvgIpc) is 3.23. The molecule has 3 aromatic carbocycles. The van der Waals surface area contributed by atoms with Gasteiger partial charge in [-0.1, -0.05) is 54.1 Å². The Balaban J connectivity index is 1.56. The minimum atomic E-state index is -0.484. The summed E-state index contributed by atoms with van der Waals surface area (Å²) in [6.07, 6.45) is 0. The molecule has 1 aromatic heterocycles. The quantitative estimate of drug-likeness (QED) is 0.369. The summed E-state index contributed by atoms with van der Waals surface area (Å²) in [5.74, 6) is 1.13. The number of nitrogens with two attached hydrogens (primary N) is 1. The van der Waals surface area contributed by atoms with Crippen molar-refractivity contribution >= 4 is 11.6 Å². The molecule has 1 atom stereocenters. The van der Waals surface area contributed by atoms with E-state index < -0.39 is 5.92 Å². The van der Waals surface area contributed by atoms with E-state index in [2.05, 4.69) is 6.07 Å². The van der Waals surface area contributed by atoms with Crippen LogP contribution in [0.15, 0.2) is 84.3 Å². The van der Waals surface area contributed by atoms with Crippen LogP contribution in [0.4, 0.5) is 0 Å². The van der Waals surface area contributed by atoms with E-state index in [4.69, 9.17) is 36.6 Å². The summed E-state index contributed by atoms with van der Waals surface area (Å²) in [5, 5.41) is 15.3. The lowest BCUT2D eigenvalue weighted by Gasteiger charge is -2.25. The number of aryl methyl sites for hydroxylation is 1. The highest BCUT2D eigenvalue weighted by Gasteiger charge is 2.36. The van der Waals surface area contributed by atoms with E-state index in [0.717, 1.165) is 28.1 Å². The predicted molar refractivity (Wildman–Crippen MR) is 136 cm³/mol. The third-order valence-electron chi connectivity index (χ3n) is 6.10. The highest BCUT2D eigenvalue weighted by atomic mass is 35.5. The van der Waals surface area contributed by atoms with E-state index in [0.29, 0.717) is 28.0 Å². The van der Waals surface area contributed by atoms with Crippen LogP contribution in [-0.4, -0.2) is 16.9 Å². The lowest BCUT2D eigenvalue weighted by atomic mass is 9.84. The highest BCUT2D eigenvalue weighted by molar-refractivity contribution is 6.31. The molecule has 2 N–H and O–H groups in total. The molecule has 0 spiro atoms. The van der Waals surface area contributed by atoms with Crippen LogP contribution in [0.2, 0.25) is 5.02 Å². The molecule has 0 unspecified atom stereocenters. The summed E-state index contributed by atoms with van der Waals surface area (Å²) in [6, 6.07) is 24.9. The van der Waals surface area contributed by atoms with Gasteiger partial charge in [0.15, 0.2) is 11.5 Å². The molecule has 5 rings (SSSR count). The Bertz CT molecular complexity index is 1510. The monoisotopic (exact) mass is 498 g/mol. The summed E-state index contributed by atoms with van der Waals surface area (Å²) in [4.78, 5) is 0. The smallest absolute Gasteiger partial charge is 0.229 e. The van der Waals surface area contributed by atoms with E-state index in [-0.39, 0.29) is 12.5 Å². The maximum atomic E-state index is 9.99. The summed E-state index contributed by atoms with van der Waals surface area (Å²) in [6.45, 7) is 2.18. The molecule has 36 heavy (non-hydrogen) atoms. The van der Waals surface area contributed by atoms with Crippen molar-refractivity contribution in [3.63, 3.8) is 0 Å². The molecule has 0 bridgehead atoms. The van der Waals surface area contributed by atoms with Gasteiger partial charge >= 0.3 is 0 Å². The second kappa shape index (κ2) is 9.68. The van der Waals surface area contributed by atoms with Gasteiger partial charge in [0, 0.05) is 10.6 Å². The number of halogens is 1. The molecule has 0 fully saturated rings. The number of allylic oxidation sites excluding steroid dienone is 1. The zero-order valence-corrected chi connectivity index (χ0v) is 20.5. The Morgan fingerprint density at radius 1 is 1.08 bits per heavy atom. The third-order valence-corrected chi connectivity index (χ3v) is 6.46. The van der Waals surface area contributed by atoms with Crippen LogP contribution >= 0.6 is 11.6 Å². The molecule has 0 radical (unpaired) electrons. The molecule has 1 aliphatic heterocycles. The molecule has 0 saturated carbocycles. The van der Waals surface area contributed by atoms with Crippen molar-refractivity contribution in [1.29, 1.82) is 5.26 Å². The number of hydrogen-bond acceptors (Lipinski definition) is 6. The van der Waals surface area contributed by atoms with Crippen molar-refractivity contribution in [2.75, 3.05) is 7.11 Å². The van der Waals surface area contributed by atoms with Gasteiger partial charge in [-0.15, -0.1) is 0 Å². The van der Waals surface area contributed by atoms with Crippen molar-refractivity contribution < 1.29 is 14.2 Å². The first-order valence-electron chi connectivity index (χ1n) is 11.3. The van der Waals surface area contributed by atoms with Crippen molar-refractivity contribution in [2.24, 2.45) is 5.73 Å². The molecule has 0 amide bonds. The van der Waals surface area contributed by atoms with Gasteiger partial charge in [0.2, 0.25) is 11.8 Å². The normalized spacial score (nSPS) is 14.6. The highest BCUT2D eigenvalue weighted by Crippen LogP contribution is 2.46. The number of nitrogens with zero attached hydrogens (tertiary/aromatic N) is 3. The van der Waals surface area contributed by atoms with Crippen LogP contribution in [0.1, 0.15) is 28.3 Å². The molecule has 180 valence electrons. The number of para-hydroxylation sites is 1. The lowest BCUT2D eigenvalue weighted by Crippen LogP contribution is -2.22. The molecule has 2 heterocycles. The largest absolute Gasteiger partial charge is 0.493 e. The molecule has 8 heteroatoms. The summed E-state index contributed by atoms with van der Waals surface area (Å²) in [5.41, 5.74) is 10.6. The van der Waals surface area contributed by atoms with Gasteiger partial charge in [-0.3, -0.25) is 0 Å². The fraction of sp³-hybridized carbons (Fsp3) is 0.143. The molecular weight excluding hydrogens is 476 g/mol. The van der Waals surface area contributed by atoms with Gasteiger partial charge in [-0.25, -0.2) is 4.68 Å². The first-order valence-corrected chi connectivity index (χ1v) is 11.7. The first kappa shape index (κ1) is 23.3. The Morgan fingerprint density at radius 2 is 1.83 bits per heavy atom. The second-order valence-corrected chi connectivity index (χ2v) is 8.67. The SMILES string of the molecule is COc1cc([C@H]2C(C#N)=C(N)Oc3c2c(C)nn3-c2ccccc2)ccc1OCc1ccccc1Cl. The molecular formula is C28H23ClN4O3. The number of aromatic nitrogens is 2. The lowest BCUT2D eigenvalue weighted by molar-refractivity contribution is 0.284. The molecule has 1 aliphatic rings. The Morgan fingerprint density at radius 3 is 2.56 bits per heavy atom. The molecule has 7 nitrogen and oxygen atoms in total. The fourth-order valence-electron chi connectivity index (χ4n) is 4.35. The van der Waals surface area contributed by atoms with E-state index >= 15 is 0 Å². The van der Waals surface area contributed by atoms with Crippen LogP contribution in [0.3, 0.4) is 0 Å². The topological polar surface area (TPSA) is 95.3 Å². The van der Waals surface area contributed by atoms with Gasteiger partial charge in [-0.2, -0.15) is 10.4 Å². The number of hydrogen-bond donors (Lipinski definition) is 1. The van der Waals surface area contributed by atoms with Gasteiger partial charge in [0.05, 0.1) is 30.0 Å². The van der Waals surface area contributed by atoms with Crippen molar-refractivity contribution in [3.05, 3.63) is 112 Å². The molecule has 0 saturated heterocycles. The zero-order valence-electron chi connectivity index (χ0n) is 19.7. The van der Waals surface area contributed by atoms with Crippen molar-refractivity contribution in [1.82, 2.24) is 9.78 Å². The Hall–Kier alpha value is -4.41. The molecule has 0 aliphatic carbocycles. The summed E-state index contributed by atoms with van der Waals surface area (Å²) >= 11 is 6.27. The first-order chi connectivity index (χ1) is 17.5. The number of ether oxygens (including phenoxy) is 3. The van der Waals surface area contributed by atoms with E-state index in [1.807, 2.05) is 79.7 Å². The van der Waals surface area contributed by atoms with E-state index in [9.17, 15) is 5.26 Å². The van der Waals surface area contributed by atoms with Gasteiger partial charge in [-0.05, 0) is 42.8 Å². The number of fused-ring (bicyclic) bond motifs is 1. The standard InChI is InChI=1S/C28H23ClN4O3/c1-17-25-26(21(15-30)27(31)36-28(25)33(32-17)20-9-4-3-5-10-20)18-12-13-23(24(14-18)34-2)35-16-19-8-6-7-11-22(19)29/h3-14,26H,16,31H2,1-2H3/t26-/m0/s1. The number of methoxy groups -OCH3 is 1. The number of nitriles is 1. The van der Waals surface area contributed by atoms with Crippen LogP contribution in [0.5, 0.6) is 17.4 Å². The van der Waals surface area contributed by atoms with Crippen LogP contribution in [0, 0.1) is 18.3 Å². The maximum Gasteiger partial charge on any atom is 0.229 e. The third kappa shape index (κ3) is 4.12. The fourth-order valence-corrected chi connectivity index (χ4v) is 4.54. The van der Waals surface area contributed by atoms with Gasteiger partial charge in [0.1, 0.15) is 18.2 Å². The zero-order chi connectivity index (χ0) is 25.2. The van der Waals surface area contributed by atoms with Gasteiger partial charge in [0.25, 0.3) is 0 Å². The minimum absolute atomic E-state index is 0.0464. The summed E-state index contributed by atoms with van der Waals surface area (Å²) < 4.78 is 19.3. The van der Waals surface area contributed by atoms with Crippen molar-refractivity contribution in [2.45, 2.75) is 19.4 Å².